The predicted octanol–water partition coefficient (Wildman–Crippen LogP) is 3.36. The summed E-state index contributed by atoms with van der Waals surface area (Å²) in [7, 11) is 1.61. The second-order valence-electron chi connectivity index (χ2n) is 5.83. The molecule has 1 heterocycles. The number of ether oxygens (including phenoxy) is 1. The number of halogens is 1. The second kappa shape index (κ2) is 7.23. The van der Waals surface area contributed by atoms with Crippen LogP contribution in [0.1, 0.15) is 45.2 Å². The first kappa shape index (κ1) is 16.2. The van der Waals surface area contributed by atoms with Gasteiger partial charge in [-0.15, -0.1) is 0 Å². The van der Waals surface area contributed by atoms with E-state index in [1.807, 2.05) is 6.07 Å². The molecule has 118 valence electrons. The van der Waals surface area contributed by atoms with Crippen LogP contribution in [-0.4, -0.2) is 37.2 Å². The van der Waals surface area contributed by atoms with Crippen LogP contribution in [-0.2, 0) is 0 Å². The van der Waals surface area contributed by atoms with E-state index in [-0.39, 0.29) is 11.9 Å². The Kier molecular flexibility index (Phi) is 5.59. The van der Waals surface area contributed by atoms with Crippen molar-refractivity contribution in [1.82, 2.24) is 10.2 Å². The van der Waals surface area contributed by atoms with E-state index in [0.29, 0.717) is 17.8 Å². The number of benzene rings is 1. The first-order valence-electron chi connectivity index (χ1n) is 7.93. The Morgan fingerprint density at radius 1 is 1.38 bits per heavy atom. The molecule has 0 aliphatic carbocycles. The third-order valence-corrected chi connectivity index (χ3v) is 4.65. The monoisotopic (exact) mass is 294 g/mol. The zero-order valence-electron chi connectivity index (χ0n) is 13.5. The molecule has 4 heteroatoms. The van der Waals surface area contributed by atoms with Crippen molar-refractivity contribution in [3.63, 3.8) is 0 Å². The average molecular weight is 294 g/mol. The van der Waals surface area contributed by atoms with E-state index in [0.717, 1.165) is 31.5 Å². The molecule has 1 aliphatic heterocycles. The summed E-state index contributed by atoms with van der Waals surface area (Å²) in [6, 6.07) is 6.12. The van der Waals surface area contributed by atoms with Gasteiger partial charge in [0.1, 0.15) is 11.6 Å². The molecule has 1 unspecified atom stereocenters. The van der Waals surface area contributed by atoms with E-state index in [2.05, 4.69) is 31.0 Å². The van der Waals surface area contributed by atoms with E-state index in [1.54, 1.807) is 7.11 Å². The first-order chi connectivity index (χ1) is 10.1. The van der Waals surface area contributed by atoms with Crippen LogP contribution in [0.5, 0.6) is 5.75 Å². The lowest BCUT2D eigenvalue weighted by Gasteiger charge is -2.43. The molecule has 3 nitrogen and oxygen atoms in total. The van der Waals surface area contributed by atoms with Crippen molar-refractivity contribution in [2.45, 2.75) is 51.7 Å². The molecule has 0 radical (unpaired) electrons. The largest absolute Gasteiger partial charge is 0.496 e. The molecule has 0 spiro atoms. The molecule has 1 N–H and O–H groups in total. The molecule has 3 atom stereocenters. The number of nitrogens with one attached hydrogen (secondary N) is 1. The van der Waals surface area contributed by atoms with Gasteiger partial charge in [0, 0.05) is 42.8 Å². The quantitative estimate of drug-likeness (QED) is 0.901. The Bertz CT molecular complexity index is 466. The molecule has 1 fully saturated rings. The molecule has 1 aromatic carbocycles. The van der Waals surface area contributed by atoms with E-state index in [9.17, 15) is 4.39 Å². The molecule has 0 amide bonds. The summed E-state index contributed by atoms with van der Waals surface area (Å²) >= 11 is 0. The van der Waals surface area contributed by atoms with E-state index >= 15 is 0 Å². The Morgan fingerprint density at radius 2 is 2.14 bits per heavy atom. The van der Waals surface area contributed by atoms with Crippen LogP contribution in [0.4, 0.5) is 4.39 Å². The van der Waals surface area contributed by atoms with Crippen molar-refractivity contribution < 1.29 is 9.13 Å². The van der Waals surface area contributed by atoms with E-state index in [1.165, 1.54) is 12.1 Å². The average Bonchev–Trinajstić information content (AvgIpc) is 2.53. The maximum Gasteiger partial charge on any atom is 0.126 e. The highest BCUT2D eigenvalue weighted by Crippen LogP contribution is 2.32. The summed E-state index contributed by atoms with van der Waals surface area (Å²) < 4.78 is 18.8. The van der Waals surface area contributed by atoms with E-state index < -0.39 is 0 Å². The highest BCUT2D eigenvalue weighted by molar-refractivity contribution is 5.36. The van der Waals surface area contributed by atoms with Crippen molar-refractivity contribution in [3.8, 4) is 5.75 Å². The van der Waals surface area contributed by atoms with Crippen molar-refractivity contribution >= 4 is 0 Å². The molecule has 0 bridgehead atoms. The summed E-state index contributed by atoms with van der Waals surface area (Å²) in [5.74, 6) is 0.394. The Morgan fingerprint density at radius 3 is 2.76 bits per heavy atom. The Hall–Kier alpha value is -1.13. The fraction of sp³-hybridized carbons (Fsp3) is 0.647. The standard InChI is InChI=1S/C17H27FN2O/c1-5-14-11-20(15(6-2)10-19-14)12(3)16-8-7-13(18)9-17(16)21-4/h7-9,12,14-15,19H,5-6,10-11H2,1-4H3/t12?,14-,15+/m0/s1. The fourth-order valence-corrected chi connectivity index (χ4v) is 3.22. The number of nitrogens with zero attached hydrogens (tertiary/aromatic N) is 1. The minimum atomic E-state index is -0.249. The molecule has 2 rings (SSSR count). The molecule has 1 aliphatic rings. The zero-order valence-corrected chi connectivity index (χ0v) is 13.5. The van der Waals surface area contributed by atoms with Crippen LogP contribution < -0.4 is 10.1 Å². The molecular formula is C17H27FN2O. The summed E-state index contributed by atoms with van der Waals surface area (Å²) in [5.41, 5.74) is 1.06. The lowest BCUT2D eigenvalue weighted by atomic mass is 9.98. The van der Waals surface area contributed by atoms with Gasteiger partial charge in [-0.3, -0.25) is 4.90 Å². The topological polar surface area (TPSA) is 24.5 Å². The minimum Gasteiger partial charge on any atom is -0.496 e. The normalized spacial score (nSPS) is 24.8. The highest BCUT2D eigenvalue weighted by atomic mass is 19.1. The van der Waals surface area contributed by atoms with Gasteiger partial charge in [0.2, 0.25) is 0 Å². The van der Waals surface area contributed by atoms with Crippen LogP contribution in [0.25, 0.3) is 0 Å². The molecular weight excluding hydrogens is 267 g/mol. The van der Waals surface area contributed by atoms with Gasteiger partial charge in [-0.25, -0.2) is 4.39 Å². The van der Waals surface area contributed by atoms with Crippen molar-refractivity contribution in [2.24, 2.45) is 0 Å². The van der Waals surface area contributed by atoms with Crippen LogP contribution in [0.15, 0.2) is 18.2 Å². The van der Waals surface area contributed by atoms with Crippen LogP contribution >= 0.6 is 0 Å². The second-order valence-corrected chi connectivity index (χ2v) is 5.83. The summed E-state index contributed by atoms with van der Waals surface area (Å²) in [6.45, 7) is 8.67. The smallest absolute Gasteiger partial charge is 0.126 e. The van der Waals surface area contributed by atoms with Crippen molar-refractivity contribution in [3.05, 3.63) is 29.6 Å². The minimum absolute atomic E-state index is 0.224. The number of hydrogen-bond acceptors (Lipinski definition) is 3. The summed E-state index contributed by atoms with van der Waals surface area (Å²) in [6.07, 6.45) is 2.23. The third-order valence-electron chi connectivity index (χ3n) is 4.65. The van der Waals surface area contributed by atoms with Crippen molar-refractivity contribution in [2.75, 3.05) is 20.2 Å². The predicted molar refractivity (Wildman–Crippen MR) is 84.2 cm³/mol. The first-order valence-corrected chi connectivity index (χ1v) is 7.93. The maximum atomic E-state index is 13.4. The number of rotatable bonds is 5. The molecule has 0 aromatic heterocycles. The SMILES string of the molecule is CC[C@H]1CN(C(C)c2ccc(F)cc2OC)[C@H](CC)CN1. The third kappa shape index (κ3) is 3.55. The van der Waals surface area contributed by atoms with Gasteiger partial charge in [0.15, 0.2) is 0 Å². The van der Waals surface area contributed by atoms with Gasteiger partial charge in [-0.1, -0.05) is 19.9 Å². The van der Waals surface area contributed by atoms with Gasteiger partial charge in [-0.05, 0) is 25.8 Å². The Labute approximate surface area is 127 Å². The van der Waals surface area contributed by atoms with Gasteiger partial charge < -0.3 is 10.1 Å². The zero-order chi connectivity index (χ0) is 15.4. The highest BCUT2D eigenvalue weighted by Gasteiger charge is 2.31. The van der Waals surface area contributed by atoms with Gasteiger partial charge in [0.25, 0.3) is 0 Å². The number of piperazine rings is 1. The van der Waals surface area contributed by atoms with Crippen LogP contribution in [0.3, 0.4) is 0 Å². The lowest BCUT2D eigenvalue weighted by molar-refractivity contribution is 0.0838. The van der Waals surface area contributed by atoms with Gasteiger partial charge in [0.05, 0.1) is 7.11 Å². The number of methoxy groups -OCH3 is 1. The van der Waals surface area contributed by atoms with Crippen LogP contribution in [0.2, 0.25) is 0 Å². The molecule has 1 saturated heterocycles. The molecule has 1 aromatic rings. The van der Waals surface area contributed by atoms with Gasteiger partial charge in [-0.2, -0.15) is 0 Å². The maximum absolute atomic E-state index is 13.4. The van der Waals surface area contributed by atoms with E-state index in [4.69, 9.17) is 4.74 Å². The molecule has 21 heavy (non-hydrogen) atoms. The Balaban J connectivity index is 2.25. The molecule has 0 saturated carbocycles. The summed E-state index contributed by atoms with van der Waals surface area (Å²) in [4.78, 5) is 2.53. The van der Waals surface area contributed by atoms with Crippen molar-refractivity contribution in [1.29, 1.82) is 0 Å². The van der Waals surface area contributed by atoms with Gasteiger partial charge >= 0.3 is 0 Å². The van der Waals surface area contributed by atoms with Crippen LogP contribution in [0, 0.1) is 5.82 Å². The fourth-order valence-electron chi connectivity index (χ4n) is 3.22. The number of hydrogen-bond donors (Lipinski definition) is 1. The summed E-state index contributed by atoms with van der Waals surface area (Å²) in [5, 5.41) is 3.61. The lowest BCUT2D eigenvalue weighted by Crippen LogP contribution is -2.56.